The molecule has 0 unspecified atom stereocenters. The fourth-order valence-corrected chi connectivity index (χ4v) is 1.97. The van der Waals surface area contributed by atoms with Crippen LogP contribution in [0.4, 0.5) is 8.78 Å². The SMILES string of the molecule is CC(C)c1c(F)cc(F)cc1Br. The first-order valence-corrected chi connectivity index (χ1v) is 4.46. The number of halogens is 3. The van der Waals surface area contributed by atoms with Crippen molar-refractivity contribution in [1.82, 2.24) is 0 Å². The van der Waals surface area contributed by atoms with Gasteiger partial charge in [-0.2, -0.15) is 0 Å². The molecule has 0 nitrogen and oxygen atoms in total. The third-order valence-electron chi connectivity index (χ3n) is 1.62. The minimum absolute atomic E-state index is 0.0555. The Morgan fingerprint density at radius 1 is 1.25 bits per heavy atom. The summed E-state index contributed by atoms with van der Waals surface area (Å²) in [5.41, 5.74) is 0.524. The van der Waals surface area contributed by atoms with Gasteiger partial charge in [-0.15, -0.1) is 0 Å². The number of hydrogen-bond donors (Lipinski definition) is 0. The van der Waals surface area contributed by atoms with Gasteiger partial charge in [0.15, 0.2) is 0 Å². The van der Waals surface area contributed by atoms with E-state index in [-0.39, 0.29) is 5.92 Å². The smallest absolute Gasteiger partial charge is 0.130 e. The molecule has 0 amide bonds. The van der Waals surface area contributed by atoms with Gasteiger partial charge in [-0.25, -0.2) is 8.78 Å². The van der Waals surface area contributed by atoms with E-state index >= 15 is 0 Å². The standard InChI is InChI=1S/C9H9BrF2/c1-5(2)9-7(10)3-6(11)4-8(9)12/h3-5H,1-2H3. The minimum Gasteiger partial charge on any atom is -0.207 e. The van der Waals surface area contributed by atoms with Gasteiger partial charge in [0.2, 0.25) is 0 Å². The van der Waals surface area contributed by atoms with Crippen LogP contribution in [-0.4, -0.2) is 0 Å². The molecule has 0 aliphatic rings. The second kappa shape index (κ2) is 3.52. The van der Waals surface area contributed by atoms with Gasteiger partial charge in [0, 0.05) is 16.1 Å². The molecular formula is C9H9BrF2. The molecule has 0 fully saturated rings. The van der Waals surface area contributed by atoms with Crippen molar-refractivity contribution in [2.75, 3.05) is 0 Å². The van der Waals surface area contributed by atoms with E-state index in [2.05, 4.69) is 15.9 Å². The Morgan fingerprint density at radius 2 is 1.83 bits per heavy atom. The van der Waals surface area contributed by atoms with Crippen LogP contribution in [0.15, 0.2) is 16.6 Å². The van der Waals surface area contributed by atoms with Crippen molar-refractivity contribution in [3.63, 3.8) is 0 Å². The van der Waals surface area contributed by atoms with E-state index in [0.29, 0.717) is 10.0 Å². The maximum atomic E-state index is 13.1. The average Bonchev–Trinajstić information content (AvgIpc) is 1.82. The first-order chi connectivity index (χ1) is 5.52. The van der Waals surface area contributed by atoms with E-state index in [1.807, 2.05) is 13.8 Å². The molecule has 0 radical (unpaired) electrons. The van der Waals surface area contributed by atoms with Gasteiger partial charge < -0.3 is 0 Å². The van der Waals surface area contributed by atoms with E-state index in [9.17, 15) is 8.78 Å². The molecule has 0 saturated carbocycles. The lowest BCUT2D eigenvalue weighted by Crippen LogP contribution is -1.95. The Kier molecular flexibility index (Phi) is 2.83. The molecule has 66 valence electrons. The Hall–Kier alpha value is -0.440. The van der Waals surface area contributed by atoms with Crippen LogP contribution >= 0.6 is 15.9 Å². The molecule has 3 heteroatoms. The maximum Gasteiger partial charge on any atom is 0.130 e. The summed E-state index contributed by atoms with van der Waals surface area (Å²) in [6.45, 7) is 3.72. The van der Waals surface area contributed by atoms with E-state index in [0.717, 1.165) is 6.07 Å². The molecule has 0 aliphatic heterocycles. The van der Waals surface area contributed by atoms with Crippen LogP contribution in [0.5, 0.6) is 0 Å². The first kappa shape index (κ1) is 9.65. The van der Waals surface area contributed by atoms with Crippen molar-refractivity contribution in [1.29, 1.82) is 0 Å². The summed E-state index contributed by atoms with van der Waals surface area (Å²) in [5.74, 6) is -0.986. The Labute approximate surface area is 78.7 Å². The fraction of sp³-hybridized carbons (Fsp3) is 0.333. The van der Waals surface area contributed by atoms with Gasteiger partial charge in [0.05, 0.1) is 0 Å². The van der Waals surface area contributed by atoms with Gasteiger partial charge in [0.25, 0.3) is 0 Å². The van der Waals surface area contributed by atoms with Crippen LogP contribution in [0.1, 0.15) is 25.3 Å². The lowest BCUT2D eigenvalue weighted by Gasteiger charge is -2.09. The maximum absolute atomic E-state index is 13.1. The van der Waals surface area contributed by atoms with Crippen molar-refractivity contribution in [3.05, 3.63) is 33.8 Å². The third-order valence-corrected chi connectivity index (χ3v) is 2.28. The summed E-state index contributed by atoms with van der Waals surface area (Å²) in [6, 6.07) is 2.18. The van der Waals surface area contributed by atoms with Gasteiger partial charge in [-0.05, 0) is 12.0 Å². The summed E-state index contributed by atoms with van der Waals surface area (Å²) < 4.78 is 26.2. The van der Waals surface area contributed by atoms with Crippen molar-refractivity contribution < 1.29 is 8.78 Å². The van der Waals surface area contributed by atoms with E-state index in [1.165, 1.54) is 6.07 Å². The fourth-order valence-electron chi connectivity index (χ4n) is 1.10. The lowest BCUT2D eigenvalue weighted by atomic mass is 10.0. The van der Waals surface area contributed by atoms with Crippen LogP contribution in [-0.2, 0) is 0 Å². The topological polar surface area (TPSA) is 0 Å². The molecule has 0 heterocycles. The normalized spacial score (nSPS) is 10.8. The van der Waals surface area contributed by atoms with E-state index in [4.69, 9.17) is 0 Å². The molecule has 12 heavy (non-hydrogen) atoms. The number of hydrogen-bond acceptors (Lipinski definition) is 0. The average molecular weight is 235 g/mol. The zero-order valence-corrected chi connectivity index (χ0v) is 8.45. The third kappa shape index (κ3) is 1.83. The summed E-state index contributed by atoms with van der Waals surface area (Å²) in [7, 11) is 0. The predicted octanol–water partition coefficient (Wildman–Crippen LogP) is 3.85. The summed E-state index contributed by atoms with van der Waals surface area (Å²) in [4.78, 5) is 0. The monoisotopic (exact) mass is 234 g/mol. The zero-order valence-electron chi connectivity index (χ0n) is 6.87. The van der Waals surface area contributed by atoms with E-state index in [1.54, 1.807) is 0 Å². The van der Waals surface area contributed by atoms with Gasteiger partial charge in [-0.1, -0.05) is 29.8 Å². The summed E-state index contributed by atoms with van der Waals surface area (Å²) >= 11 is 3.12. The molecular weight excluding hydrogens is 226 g/mol. The Morgan fingerprint density at radius 3 is 2.25 bits per heavy atom. The molecule has 1 aromatic rings. The molecule has 0 bridgehead atoms. The quantitative estimate of drug-likeness (QED) is 0.693. The van der Waals surface area contributed by atoms with Crippen LogP contribution in [0, 0.1) is 11.6 Å². The number of benzene rings is 1. The molecule has 0 spiro atoms. The minimum atomic E-state index is -0.552. The summed E-state index contributed by atoms with van der Waals surface area (Å²) in [5, 5.41) is 0. The highest BCUT2D eigenvalue weighted by atomic mass is 79.9. The van der Waals surface area contributed by atoms with Crippen molar-refractivity contribution in [3.8, 4) is 0 Å². The zero-order chi connectivity index (χ0) is 9.30. The van der Waals surface area contributed by atoms with Gasteiger partial charge >= 0.3 is 0 Å². The highest BCUT2D eigenvalue weighted by Gasteiger charge is 2.12. The first-order valence-electron chi connectivity index (χ1n) is 3.67. The molecule has 0 aromatic heterocycles. The summed E-state index contributed by atoms with van der Waals surface area (Å²) in [6.07, 6.45) is 0. The largest absolute Gasteiger partial charge is 0.207 e. The Bertz CT molecular complexity index is 272. The van der Waals surface area contributed by atoms with Crippen molar-refractivity contribution >= 4 is 15.9 Å². The van der Waals surface area contributed by atoms with Gasteiger partial charge in [-0.3, -0.25) is 0 Å². The predicted molar refractivity (Wildman–Crippen MR) is 48.1 cm³/mol. The van der Waals surface area contributed by atoms with Crippen LogP contribution < -0.4 is 0 Å². The lowest BCUT2D eigenvalue weighted by molar-refractivity contribution is 0.562. The molecule has 1 rings (SSSR count). The van der Waals surface area contributed by atoms with Crippen LogP contribution in [0.25, 0.3) is 0 Å². The molecule has 0 atom stereocenters. The highest BCUT2D eigenvalue weighted by Crippen LogP contribution is 2.28. The van der Waals surface area contributed by atoms with E-state index < -0.39 is 11.6 Å². The Balaban J connectivity index is 3.28. The van der Waals surface area contributed by atoms with Crippen molar-refractivity contribution in [2.24, 2.45) is 0 Å². The molecule has 1 aromatic carbocycles. The highest BCUT2D eigenvalue weighted by molar-refractivity contribution is 9.10. The second-order valence-electron chi connectivity index (χ2n) is 2.94. The second-order valence-corrected chi connectivity index (χ2v) is 3.79. The molecule has 0 aliphatic carbocycles. The van der Waals surface area contributed by atoms with Crippen LogP contribution in [0.3, 0.4) is 0 Å². The molecule has 0 N–H and O–H groups in total. The van der Waals surface area contributed by atoms with Gasteiger partial charge in [0.1, 0.15) is 11.6 Å². The molecule has 0 saturated heterocycles. The van der Waals surface area contributed by atoms with Crippen LogP contribution in [0.2, 0.25) is 0 Å². The van der Waals surface area contributed by atoms with Crippen molar-refractivity contribution in [2.45, 2.75) is 19.8 Å². The number of rotatable bonds is 1.